The lowest BCUT2D eigenvalue weighted by Crippen LogP contribution is -2.30. The van der Waals surface area contributed by atoms with Gasteiger partial charge in [0.05, 0.1) is 26.4 Å². The van der Waals surface area contributed by atoms with Crippen LogP contribution in [0.15, 0.2) is 0 Å². The summed E-state index contributed by atoms with van der Waals surface area (Å²) in [6, 6.07) is 0. The fourth-order valence-electron chi connectivity index (χ4n) is 13.0. The van der Waals surface area contributed by atoms with E-state index >= 15 is 0 Å². The first-order valence-corrected chi connectivity index (χ1v) is 46.5. The van der Waals surface area contributed by atoms with E-state index in [1.807, 2.05) is 0 Å². The minimum atomic E-state index is -4.96. The van der Waals surface area contributed by atoms with Gasteiger partial charge >= 0.3 is 39.5 Å². The molecule has 0 saturated carbocycles. The normalized spacial score (nSPS) is 14.1. The van der Waals surface area contributed by atoms with E-state index in [0.717, 1.165) is 108 Å². The summed E-state index contributed by atoms with van der Waals surface area (Å²) < 4.78 is 68.7. The van der Waals surface area contributed by atoms with Gasteiger partial charge in [0.2, 0.25) is 0 Å². The summed E-state index contributed by atoms with van der Waals surface area (Å²) in [6.07, 6.45) is 66.8. The molecule has 6 atom stereocenters. The number of esters is 4. The zero-order chi connectivity index (χ0) is 75.6. The van der Waals surface area contributed by atoms with Gasteiger partial charge in [-0.1, -0.05) is 395 Å². The van der Waals surface area contributed by atoms with Crippen molar-refractivity contribution in [1.29, 1.82) is 0 Å². The van der Waals surface area contributed by atoms with Crippen LogP contribution in [0, 0.1) is 11.8 Å². The van der Waals surface area contributed by atoms with Gasteiger partial charge in [-0.25, -0.2) is 9.13 Å². The number of phosphoric acid groups is 2. The maximum absolute atomic E-state index is 13.1. The second kappa shape index (κ2) is 75.5. The molecule has 0 radical (unpaired) electrons. The summed E-state index contributed by atoms with van der Waals surface area (Å²) >= 11 is 0. The number of phosphoric ester groups is 2. The molecule has 0 bridgehead atoms. The van der Waals surface area contributed by atoms with E-state index in [2.05, 4.69) is 41.5 Å². The lowest BCUT2D eigenvalue weighted by atomic mass is 9.99. The molecule has 0 aliphatic heterocycles. The molecule has 3 unspecified atom stereocenters. The van der Waals surface area contributed by atoms with E-state index in [1.165, 1.54) is 257 Å². The molecule has 0 rings (SSSR count). The molecule has 19 heteroatoms. The molecule has 0 aromatic rings. The molecule has 103 heavy (non-hydrogen) atoms. The summed E-state index contributed by atoms with van der Waals surface area (Å²) in [5.74, 6) is -0.493. The Morgan fingerprint density at radius 2 is 0.495 bits per heavy atom. The first-order chi connectivity index (χ1) is 49.9. The van der Waals surface area contributed by atoms with Crippen LogP contribution < -0.4 is 0 Å². The summed E-state index contributed by atoms with van der Waals surface area (Å²) in [4.78, 5) is 73.0. The zero-order valence-electron chi connectivity index (χ0n) is 67.6. The van der Waals surface area contributed by atoms with Crippen molar-refractivity contribution < 1.29 is 80.2 Å². The van der Waals surface area contributed by atoms with E-state index in [-0.39, 0.29) is 25.7 Å². The average molecular weight is 1510 g/mol. The Morgan fingerprint density at radius 1 is 0.282 bits per heavy atom. The minimum Gasteiger partial charge on any atom is -0.462 e. The highest BCUT2D eigenvalue weighted by atomic mass is 31.2. The third kappa shape index (κ3) is 76.6. The van der Waals surface area contributed by atoms with Crippen molar-refractivity contribution in [2.45, 2.75) is 464 Å². The highest BCUT2D eigenvalue weighted by Crippen LogP contribution is 2.45. The summed E-state index contributed by atoms with van der Waals surface area (Å²) in [7, 11) is -9.92. The van der Waals surface area contributed by atoms with Crippen LogP contribution in [-0.4, -0.2) is 96.7 Å². The second-order valence-corrected chi connectivity index (χ2v) is 33.8. The zero-order valence-corrected chi connectivity index (χ0v) is 69.4. The first-order valence-electron chi connectivity index (χ1n) is 43.5. The number of carbonyl (C=O) groups excluding carboxylic acids is 4. The Kier molecular flexibility index (Phi) is 74.1. The van der Waals surface area contributed by atoms with Crippen molar-refractivity contribution in [3.05, 3.63) is 0 Å². The van der Waals surface area contributed by atoms with Crippen LogP contribution in [-0.2, 0) is 65.4 Å². The van der Waals surface area contributed by atoms with Crippen LogP contribution in [0.3, 0.4) is 0 Å². The van der Waals surface area contributed by atoms with Gasteiger partial charge in [-0.3, -0.25) is 37.3 Å². The molecule has 3 N–H and O–H groups in total. The van der Waals surface area contributed by atoms with Gasteiger partial charge in [0.25, 0.3) is 0 Å². The van der Waals surface area contributed by atoms with Crippen LogP contribution >= 0.6 is 15.6 Å². The number of aliphatic hydroxyl groups is 1. The van der Waals surface area contributed by atoms with Gasteiger partial charge in [-0.15, -0.1) is 0 Å². The number of rotatable bonds is 83. The molecule has 0 saturated heterocycles. The Morgan fingerprint density at radius 3 is 0.738 bits per heavy atom. The van der Waals surface area contributed by atoms with E-state index in [4.69, 9.17) is 37.0 Å². The van der Waals surface area contributed by atoms with Crippen molar-refractivity contribution in [1.82, 2.24) is 0 Å². The Hall–Kier alpha value is -1.94. The first kappa shape index (κ1) is 101. The van der Waals surface area contributed by atoms with Crippen molar-refractivity contribution in [2.24, 2.45) is 11.8 Å². The smallest absolute Gasteiger partial charge is 0.462 e. The molecule has 17 nitrogen and oxygen atoms in total. The number of hydrogen-bond acceptors (Lipinski definition) is 15. The number of hydrogen-bond donors (Lipinski definition) is 3. The molecule has 0 heterocycles. The largest absolute Gasteiger partial charge is 0.472 e. The maximum atomic E-state index is 13.1. The third-order valence-corrected chi connectivity index (χ3v) is 22.0. The minimum absolute atomic E-state index is 0.106. The fraction of sp³-hybridized carbons (Fsp3) is 0.952. The number of aliphatic hydroxyl groups excluding tert-OH is 1. The van der Waals surface area contributed by atoms with Crippen molar-refractivity contribution in [3.63, 3.8) is 0 Å². The van der Waals surface area contributed by atoms with Gasteiger partial charge in [0.1, 0.15) is 19.3 Å². The van der Waals surface area contributed by atoms with E-state index in [9.17, 15) is 43.2 Å². The molecule has 0 amide bonds. The van der Waals surface area contributed by atoms with Crippen LogP contribution in [0.2, 0.25) is 0 Å². The lowest BCUT2D eigenvalue weighted by Gasteiger charge is -2.21. The average Bonchev–Trinajstić information content (AvgIpc) is 0.968. The molecule has 0 aromatic carbocycles. The third-order valence-electron chi connectivity index (χ3n) is 20.1. The molecular formula is C84H164O17P2. The van der Waals surface area contributed by atoms with Crippen molar-refractivity contribution >= 4 is 39.5 Å². The van der Waals surface area contributed by atoms with E-state index in [0.29, 0.717) is 25.7 Å². The monoisotopic (exact) mass is 1510 g/mol. The number of ether oxygens (including phenoxy) is 4. The Balaban J connectivity index is 5.18. The quantitative estimate of drug-likeness (QED) is 0.0222. The van der Waals surface area contributed by atoms with Gasteiger partial charge in [-0.2, -0.15) is 0 Å². The summed E-state index contributed by atoms with van der Waals surface area (Å²) in [6.45, 7) is 9.68. The molecule has 612 valence electrons. The fourth-order valence-corrected chi connectivity index (χ4v) is 14.6. The number of carbonyl (C=O) groups is 4. The van der Waals surface area contributed by atoms with Crippen LogP contribution in [0.4, 0.5) is 0 Å². The van der Waals surface area contributed by atoms with Crippen molar-refractivity contribution in [2.75, 3.05) is 39.6 Å². The summed E-state index contributed by atoms with van der Waals surface area (Å²) in [5.41, 5.74) is 0. The van der Waals surface area contributed by atoms with Crippen LogP contribution in [0.1, 0.15) is 446 Å². The topological polar surface area (TPSA) is 237 Å². The Labute approximate surface area is 632 Å². The predicted molar refractivity (Wildman–Crippen MR) is 423 cm³/mol. The van der Waals surface area contributed by atoms with Crippen LogP contribution in [0.5, 0.6) is 0 Å². The predicted octanol–water partition coefficient (Wildman–Crippen LogP) is 25.5. The molecule has 0 aromatic heterocycles. The SMILES string of the molecule is CCCCCCCCCCCCCCCCCCCCCCCCC(=O)O[C@H](COC(=O)CCCCCCCCCCCCCCCCCCC(C)C)COP(=O)(O)OC[C@@H](O)COP(=O)(O)OC[C@@H](COC(=O)CCCCCCCCCC)OC(=O)CCCCCCCCCCCCC(C)CC. The molecule has 0 aliphatic rings. The Bertz CT molecular complexity index is 1980. The lowest BCUT2D eigenvalue weighted by molar-refractivity contribution is -0.161. The van der Waals surface area contributed by atoms with E-state index in [1.54, 1.807) is 0 Å². The standard InChI is InChI=1S/C84H164O17P2/c1-7-10-12-14-16-18-19-20-21-22-23-24-25-26-27-32-35-38-44-50-56-62-68-83(88)101-80(73-95-82(87)67-61-55-49-43-37-34-31-29-28-30-33-36-41-46-52-58-64-76(4)5)75-99-103(92,93)97-71-78(85)70-96-102(90,91)98-74-79(72-94-81(86)66-60-54-48-17-15-13-11-8-2)100-84(89)69-63-57-51-45-40-39-42-47-53-59-65-77(6)9-3/h76-80,85H,7-75H2,1-6H3,(H,90,91)(H,92,93)/t77?,78-,79+,80+/m0/s1. The van der Waals surface area contributed by atoms with Gasteiger partial charge in [-0.05, 0) is 37.5 Å². The molecular weight excluding hydrogens is 1340 g/mol. The maximum Gasteiger partial charge on any atom is 0.472 e. The second-order valence-electron chi connectivity index (χ2n) is 30.9. The highest BCUT2D eigenvalue weighted by Gasteiger charge is 2.30. The van der Waals surface area contributed by atoms with Crippen LogP contribution in [0.25, 0.3) is 0 Å². The highest BCUT2D eigenvalue weighted by molar-refractivity contribution is 7.47. The van der Waals surface area contributed by atoms with Gasteiger partial charge < -0.3 is 33.8 Å². The molecule has 0 spiro atoms. The molecule has 0 fully saturated rings. The molecule has 0 aliphatic carbocycles. The van der Waals surface area contributed by atoms with Gasteiger partial charge in [0, 0.05) is 25.7 Å². The summed E-state index contributed by atoms with van der Waals surface area (Å²) in [5, 5.41) is 10.6. The number of unbranched alkanes of at least 4 members (excludes halogenated alkanes) is 52. The van der Waals surface area contributed by atoms with E-state index < -0.39 is 97.5 Å². The van der Waals surface area contributed by atoms with Gasteiger partial charge in [0.15, 0.2) is 12.2 Å². The van der Waals surface area contributed by atoms with Crippen molar-refractivity contribution in [3.8, 4) is 0 Å².